The van der Waals surface area contributed by atoms with Gasteiger partial charge in [-0.3, -0.25) is 4.90 Å². The Morgan fingerprint density at radius 2 is 1.94 bits per heavy atom. The Labute approximate surface area is 101 Å². The molecule has 1 aliphatic carbocycles. The molecule has 0 aromatic heterocycles. The Morgan fingerprint density at radius 1 is 1.19 bits per heavy atom. The Morgan fingerprint density at radius 3 is 2.69 bits per heavy atom. The summed E-state index contributed by atoms with van der Waals surface area (Å²) in [4.78, 5) is 2.82. The fraction of sp³-hybridized carbons (Fsp3) is 1.00. The van der Waals surface area contributed by atoms with Gasteiger partial charge in [-0.15, -0.1) is 0 Å². The van der Waals surface area contributed by atoms with Crippen molar-refractivity contribution in [3.63, 3.8) is 0 Å². The van der Waals surface area contributed by atoms with Crippen molar-refractivity contribution >= 4 is 0 Å². The summed E-state index contributed by atoms with van der Waals surface area (Å²) >= 11 is 0. The maximum absolute atomic E-state index is 5.75. The molecule has 2 fully saturated rings. The van der Waals surface area contributed by atoms with E-state index in [2.05, 4.69) is 11.8 Å². The quantitative estimate of drug-likeness (QED) is 0.795. The first kappa shape index (κ1) is 12.4. The summed E-state index contributed by atoms with van der Waals surface area (Å²) in [5.74, 6) is 1.01. The Bertz CT molecular complexity index is 203. The van der Waals surface area contributed by atoms with E-state index >= 15 is 0 Å². The first-order valence-electron chi connectivity index (χ1n) is 7.32. The maximum Gasteiger partial charge on any atom is 0.0126 e. The molecular formula is C14H28N2. The SMILES string of the molecule is CCC(CCN)N1CCCC2CCCCC21. The van der Waals surface area contributed by atoms with Crippen molar-refractivity contribution in [1.82, 2.24) is 4.90 Å². The topological polar surface area (TPSA) is 29.3 Å². The minimum atomic E-state index is 0.760. The van der Waals surface area contributed by atoms with Crippen LogP contribution in [0.1, 0.15) is 58.3 Å². The van der Waals surface area contributed by atoms with Gasteiger partial charge >= 0.3 is 0 Å². The first-order valence-corrected chi connectivity index (χ1v) is 7.32. The van der Waals surface area contributed by atoms with Crippen LogP contribution < -0.4 is 5.73 Å². The molecule has 0 aromatic carbocycles. The Hall–Kier alpha value is -0.0800. The van der Waals surface area contributed by atoms with Gasteiger partial charge < -0.3 is 5.73 Å². The fourth-order valence-corrected chi connectivity index (χ4v) is 3.91. The zero-order chi connectivity index (χ0) is 11.4. The second kappa shape index (κ2) is 6.02. The minimum absolute atomic E-state index is 0.760. The van der Waals surface area contributed by atoms with Crippen LogP contribution in [0.3, 0.4) is 0 Å². The molecule has 0 aromatic rings. The molecule has 1 saturated carbocycles. The van der Waals surface area contributed by atoms with Crippen molar-refractivity contribution in [2.45, 2.75) is 70.4 Å². The molecule has 16 heavy (non-hydrogen) atoms. The van der Waals surface area contributed by atoms with Crippen molar-refractivity contribution in [2.24, 2.45) is 11.7 Å². The lowest BCUT2D eigenvalue weighted by atomic mass is 9.77. The second-order valence-corrected chi connectivity index (χ2v) is 5.63. The van der Waals surface area contributed by atoms with Crippen LogP contribution in [0.4, 0.5) is 0 Å². The van der Waals surface area contributed by atoms with Crippen molar-refractivity contribution in [1.29, 1.82) is 0 Å². The molecule has 94 valence electrons. The standard InChI is InChI=1S/C14H28N2/c1-2-13(9-10-15)16-11-5-7-12-6-3-4-8-14(12)16/h12-14H,2-11,15H2,1H3. The van der Waals surface area contributed by atoms with E-state index in [1.165, 1.54) is 57.9 Å². The smallest absolute Gasteiger partial charge is 0.0126 e. The highest BCUT2D eigenvalue weighted by Crippen LogP contribution is 2.36. The molecule has 2 N–H and O–H groups in total. The van der Waals surface area contributed by atoms with E-state index in [0.29, 0.717) is 0 Å². The van der Waals surface area contributed by atoms with Gasteiger partial charge in [0.2, 0.25) is 0 Å². The fourth-order valence-electron chi connectivity index (χ4n) is 3.91. The summed E-state index contributed by atoms with van der Waals surface area (Å²) in [6.45, 7) is 4.51. The third kappa shape index (κ3) is 2.60. The van der Waals surface area contributed by atoms with E-state index in [9.17, 15) is 0 Å². The van der Waals surface area contributed by atoms with Gasteiger partial charge in [-0.2, -0.15) is 0 Å². The van der Waals surface area contributed by atoms with Crippen molar-refractivity contribution in [3.05, 3.63) is 0 Å². The molecule has 0 amide bonds. The third-order valence-electron chi connectivity index (χ3n) is 4.73. The number of fused-ring (bicyclic) bond motifs is 1. The summed E-state index contributed by atoms with van der Waals surface area (Å²) in [7, 11) is 0. The molecule has 2 heteroatoms. The van der Waals surface area contributed by atoms with Crippen LogP contribution in [0, 0.1) is 5.92 Å². The minimum Gasteiger partial charge on any atom is -0.330 e. The average Bonchev–Trinajstić information content (AvgIpc) is 2.35. The highest BCUT2D eigenvalue weighted by molar-refractivity contribution is 4.90. The van der Waals surface area contributed by atoms with Gasteiger partial charge in [-0.05, 0) is 57.5 Å². The molecule has 2 nitrogen and oxygen atoms in total. The lowest BCUT2D eigenvalue weighted by Gasteiger charge is -2.47. The number of rotatable bonds is 4. The van der Waals surface area contributed by atoms with Crippen LogP contribution in [0.5, 0.6) is 0 Å². The summed E-state index contributed by atoms with van der Waals surface area (Å²) < 4.78 is 0. The van der Waals surface area contributed by atoms with Gasteiger partial charge in [0.15, 0.2) is 0 Å². The largest absolute Gasteiger partial charge is 0.330 e. The zero-order valence-corrected chi connectivity index (χ0v) is 10.8. The average molecular weight is 224 g/mol. The molecule has 0 bridgehead atoms. The van der Waals surface area contributed by atoms with Gasteiger partial charge in [0.05, 0.1) is 0 Å². The molecular weight excluding hydrogens is 196 g/mol. The highest BCUT2D eigenvalue weighted by atomic mass is 15.2. The van der Waals surface area contributed by atoms with E-state index < -0.39 is 0 Å². The van der Waals surface area contributed by atoms with E-state index in [4.69, 9.17) is 5.73 Å². The summed E-state index contributed by atoms with van der Waals surface area (Å²) in [5, 5.41) is 0. The molecule has 2 rings (SSSR count). The number of hydrogen-bond acceptors (Lipinski definition) is 2. The van der Waals surface area contributed by atoms with E-state index in [1.54, 1.807) is 0 Å². The predicted octanol–water partition coefficient (Wildman–Crippen LogP) is 2.77. The van der Waals surface area contributed by atoms with Gasteiger partial charge in [-0.25, -0.2) is 0 Å². The molecule has 1 aliphatic heterocycles. The predicted molar refractivity (Wildman–Crippen MR) is 69.4 cm³/mol. The summed E-state index contributed by atoms with van der Waals surface area (Å²) in [6, 6.07) is 1.66. The van der Waals surface area contributed by atoms with Gasteiger partial charge in [0.25, 0.3) is 0 Å². The van der Waals surface area contributed by atoms with Gasteiger partial charge in [-0.1, -0.05) is 19.8 Å². The molecule has 1 saturated heterocycles. The first-order chi connectivity index (χ1) is 7.86. The Balaban J connectivity index is 2.00. The zero-order valence-electron chi connectivity index (χ0n) is 10.8. The molecule has 0 spiro atoms. The number of nitrogens with two attached hydrogens (primary N) is 1. The normalized spacial score (nSPS) is 33.4. The lowest BCUT2D eigenvalue weighted by molar-refractivity contribution is 0.0222. The van der Waals surface area contributed by atoms with Crippen LogP contribution in [0.25, 0.3) is 0 Å². The molecule has 2 aliphatic rings. The van der Waals surface area contributed by atoms with Gasteiger partial charge in [0.1, 0.15) is 0 Å². The van der Waals surface area contributed by atoms with Crippen LogP contribution in [-0.2, 0) is 0 Å². The van der Waals surface area contributed by atoms with Crippen LogP contribution in [0.15, 0.2) is 0 Å². The monoisotopic (exact) mass is 224 g/mol. The van der Waals surface area contributed by atoms with Gasteiger partial charge in [0, 0.05) is 12.1 Å². The number of likely N-dealkylation sites (tertiary alicyclic amines) is 1. The van der Waals surface area contributed by atoms with Crippen LogP contribution in [-0.4, -0.2) is 30.1 Å². The van der Waals surface area contributed by atoms with Crippen molar-refractivity contribution in [3.8, 4) is 0 Å². The van der Waals surface area contributed by atoms with Crippen molar-refractivity contribution < 1.29 is 0 Å². The maximum atomic E-state index is 5.75. The van der Waals surface area contributed by atoms with Crippen LogP contribution in [0.2, 0.25) is 0 Å². The Kier molecular flexibility index (Phi) is 4.66. The lowest BCUT2D eigenvalue weighted by Crippen LogP contribution is -2.51. The van der Waals surface area contributed by atoms with E-state index in [1.807, 2.05) is 0 Å². The highest BCUT2D eigenvalue weighted by Gasteiger charge is 2.35. The van der Waals surface area contributed by atoms with Crippen LogP contribution >= 0.6 is 0 Å². The second-order valence-electron chi connectivity index (χ2n) is 5.63. The number of nitrogens with zero attached hydrogens (tertiary/aromatic N) is 1. The summed E-state index contributed by atoms with van der Waals surface area (Å²) in [5.41, 5.74) is 5.75. The molecule has 1 heterocycles. The van der Waals surface area contributed by atoms with Crippen molar-refractivity contribution in [2.75, 3.05) is 13.1 Å². The third-order valence-corrected chi connectivity index (χ3v) is 4.73. The number of hydrogen-bond donors (Lipinski definition) is 1. The molecule has 3 atom stereocenters. The molecule has 3 unspecified atom stereocenters. The van der Waals surface area contributed by atoms with E-state index in [0.717, 1.165) is 24.5 Å². The summed E-state index contributed by atoms with van der Waals surface area (Å²) in [6.07, 6.45) is 11.2. The van der Waals surface area contributed by atoms with E-state index in [-0.39, 0.29) is 0 Å². The molecule has 0 radical (unpaired) electrons. The number of piperidine rings is 1.